The predicted octanol–water partition coefficient (Wildman–Crippen LogP) is 2.96. The summed E-state index contributed by atoms with van der Waals surface area (Å²) in [7, 11) is 3.19. The molecule has 0 aliphatic rings. The lowest BCUT2D eigenvalue weighted by Gasteiger charge is -2.16. The number of nitrogens with zero attached hydrogens (tertiary/aromatic N) is 2. The molecule has 27 heavy (non-hydrogen) atoms. The molecule has 7 nitrogen and oxygen atoms in total. The standard InChI is InChI=1S/C20H20N2O5/c1-13-17(10-14-9-15(25-3)6-7-18(14)21-13)20(24)27-12-19(23)22(2)11-16-5-4-8-26-16/h4-10H,11-12H2,1-3H3. The maximum atomic E-state index is 12.4. The van der Waals surface area contributed by atoms with Crippen molar-refractivity contribution in [1.82, 2.24) is 9.88 Å². The zero-order valence-corrected chi connectivity index (χ0v) is 15.4. The van der Waals surface area contributed by atoms with Crippen LogP contribution in [0.3, 0.4) is 0 Å². The molecule has 0 spiro atoms. The molecule has 3 rings (SSSR count). The number of aromatic nitrogens is 1. The van der Waals surface area contributed by atoms with Crippen LogP contribution >= 0.6 is 0 Å². The molecule has 0 saturated heterocycles. The van der Waals surface area contributed by atoms with E-state index >= 15 is 0 Å². The fourth-order valence-corrected chi connectivity index (χ4v) is 2.62. The Morgan fingerprint density at radius 1 is 1.22 bits per heavy atom. The van der Waals surface area contributed by atoms with Gasteiger partial charge in [-0.3, -0.25) is 9.78 Å². The molecular formula is C20H20N2O5. The van der Waals surface area contributed by atoms with Crippen LogP contribution in [0.4, 0.5) is 0 Å². The highest BCUT2D eigenvalue weighted by Gasteiger charge is 2.17. The van der Waals surface area contributed by atoms with Crippen LogP contribution in [0.25, 0.3) is 10.9 Å². The minimum atomic E-state index is -0.593. The van der Waals surface area contributed by atoms with E-state index in [1.54, 1.807) is 51.4 Å². The molecular weight excluding hydrogens is 348 g/mol. The molecule has 140 valence electrons. The number of furan rings is 1. The maximum Gasteiger partial charge on any atom is 0.340 e. The molecule has 0 bridgehead atoms. The van der Waals surface area contributed by atoms with Crippen LogP contribution < -0.4 is 4.74 Å². The highest BCUT2D eigenvalue weighted by Crippen LogP contribution is 2.22. The number of hydrogen-bond acceptors (Lipinski definition) is 6. The van der Waals surface area contributed by atoms with E-state index in [-0.39, 0.29) is 12.5 Å². The number of rotatable bonds is 6. The highest BCUT2D eigenvalue weighted by molar-refractivity contribution is 5.96. The number of amides is 1. The summed E-state index contributed by atoms with van der Waals surface area (Å²) >= 11 is 0. The first kappa shape index (κ1) is 18.4. The summed E-state index contributed by atoms with van der Waals surface area (Å²) in [6.07, 6.45) is 1.54. The number of aryl methyl sites for hydroxylation is 1. The molecule has 0 radical (unpaired) electrons. The van der Waals surface area contributed by atoms with Crippen molar-refractivity contribution in [3.63, 3.8) is 0 Å². The third-order valence-electron chi connectivity index (χ3n) is 4.16. The lowest BCUT2D eigenvalue weighted by molar-refractivity contribution is -0.133. The van der Waals surface area contributed by atoms with Gasteiger partial charge in [-0.05, 0) is 43.3 Å². The minimum absolute atomic E-state index is 0.305. The molecule has 0 aliphatic carbocycles. The first-order chi connectivity index (χ1) is 13.0. The molecule has 0 fully saturated rings. The summed E-state index contributed by atoms with van der Waals surface area (Å²) in [5.41, 5.74) is 1.60. The van der Waals surface area contributed by atoms with E-state index in [2.05, 4.69) is 4.98 Å². The van der Waals surface area contributed by atoms with Gasteiger partial charge in [0.2, 0.25) is 0 Å². The highest BCUT2D eigenvalue weighted by atomic mass is 16.5. The summed E-state index contributed by atoms with van der Waals surface area (Å²) in [5.74, 6) is 0.403. The van der Waals surface area contributed by atoms with Gasteiger partial charge in [0, 0.05) is 12.4 Å². The maximum absolute atomic E-state index is 12.4. The van der Waals surface area contributed by atoms with Gasteiger partial charge in [0.15, 0.2) is 6.61 Å². The van der Waals surface area contributed by atoms with Crippen molar-refractivity contribution in [1.29, 1.82) is 0 Å². The summed E-state index contributed by atoms with van der Waals surface area (Å²) in [5, 5.41) is 0.758. The van der Waals surface area contributed by atoms with Crippen LogP contribution in [0.1, 0.15) is 21.8 Å². The van der Waals surface area contributed by atoms with Crippen molar-refractivity contribution in [2.24, 2.45) is 0 Å². The Morgan fingerprint density at radius 2 is 2.04 bits per heavy atom. The van der Waals surface area contributed by atoms with E-state index in [0.29, 0.717) is 29.3 Å². The van der Waals surface area contributed by atoms with E-state index in [4.69, 9.17) is 13.9 Å². The fraction of sp³-hybridized carbons (Fsp3) is 0.250. The summed E-state index contributed by atoms with van der Waals surface area (Å²) in [6, 6.07) is 10.6. The topological polar surface area (TPSA) is 81.9 Å². The second-order valence-corrected chi connectivity index (χ2v) is 6.09. The van der Waals surface area contributed by atoms with Crippen molar-refractivity contribution in [3.05, 3.63) is 59.7 Å². The third kappa shape index (κ3) is 4.25. The third-order valence-corrected chi connectivity index (χ3v) is 4.16. The number of likely N-dealkylation sites (N-methyl/N-ethyl adjacent to an activating group) is 1. The molecule has 0 aliphatic heterocycles. The average molecular weight is 368 g/mol. The van der Waals surface area contributed by atoms with Crippen LogP contribution in [-0.4, -0.2) is 42.5 Å². The average Bonchev–Trinajstić information content (AvgIpc) is 3.17. The van der Waals surface area contributed by atoms with Gasteiger partial charge >= 0.3 is 5.97 Å². The quantitative estimate of drug-likeness (QED) is 0.622. The lowest BCUT2D eigenvalue weighted by atomic mass is 10.1. The van der Waals surface area contributed by atoms with Crippen molar-refractivity contribution < 1.29 is 23.5 Å². The van der Waals surface area contributed by atoms with Crippen molar-refractivity contribution in [2.75, 3.05) is 20.8 Å². The predicted molar refractivity (Wildman–Crippen MR) is 98.5 cm³/mol. The Hall–Kier alpha value is -3.35. The first-order valence-corrected chi connectivity index (χ1v) is 8.37. The Kier molecular flexibility index (Phi) is 5.40. The molecule has 0 N–H and O–H groups in total. The van der Waals surface area contributed by atoms with Crippen molar-refractivity contribution in [2.45, 2.75) is 13.5 Å². The van der Waals surface area contributed by atoms with Crippen LogP contribution in [0.15, 0.2) is 47.1 Å². The number of fused-ring (bicyclic) bond motifs is 1. The fourth-order valence-electron chi connectivity index (χ4n) is 2.62. The Bertz CT molecular complexity index is 966. The zero-order chi connectivity index (χ0) is 19.4. The van der Waals surface area contributed by atoms with Gasteiger partial charge in [-0.1, -0.05) is 0 Å². The first-order valence-electron chi connectivity index (χ1n) is 8.37. The lowest BCUT2D eigenvalue weighted by Crippen LogP contribution is -2.30. The molecule has 2 aromatic heterocycles. The number of methoxy groups -OCH3 is 1. The number of benzene rings is 1. The van der Waals surface area contributed by atoms with E-state index < -0.39 is 5.97 Å². The molecule has 2 heterocycles. The van der Waals surface area contributed by atoms with Gasteiger partial charge in [-0.15, -0.1) is 0 Å². The van der Waals surface area contributed by atoms with Gasteiger partial charge in [-0.25, -0.2) is 4.79 Å². The van der Waals surface area contributed by atoms with E-state index in [1.807, 2.05) is 6.07 Å². The second kappa shape index (κ2) is 7.90. The number of carbonyl (C=O) groups is 2. The molecule has 1 amide bonds. The van der Waals surface area contributed by atoms with Crippen LogP contribution in [0.5, 0.6) is 5.75 Å². The van der Waals surface area contributed by atoms with Gasteiger partial charge in [-0.2, -0.15) is 0 Å². The SMILES string of the molecule is COc1ccc2nc(C)c(C(=O)OCC(=O)N(C)Cc3ccco3)cc2c1. The number of esters is 1. The monoisotopic (exact) mass is 368 g/mol. The number of carbonyl (C=O) groups excluding carboxylic acids is 2. The normalized spacial score (nSPS) is 10.6. The summed E-state index contributed by atoms with van der Waals surface area (Å²) < 4.78 is 15.6. The smallest absolute Gasteiger partial charge is 0.340 e. The second-order valence-electron chi connectivity index (χ2n) is 6.09. The van der Waals surface area contributed by atoms with E-state index in [1.165, 1.54) is 11.2 Å². The van der Waals surface area contributed by atoms with Gasteiger partial charge < -0.3 is 18.8 Å². The number of ether oxygens (including phenoxy) is 2. The molecule has 0 saturated carbocycles. The molecule has 1 aromatic carbocycles. The summed E-state index contributed by atoms with van der Waals surface area (Å²) in [6.45, 7) is 1.68. The Labute approximate surface area is 156 Å². The molecule has 0 atom stereocenters. The van der Waals surface area contributed by atoms with Crippen LogP contribution in [-0.2, 0) is 16.1 Å². The summed E-state index contributed by atoms with van der Waals surface area (Å²) in [4.78, 5) is 30.4. The van der Waals surface area contributed by atoms with Gasteiger partial charge in [0.1, 0.15) is 11.5 Å². The minimum Gasteiger partial charge on any atom is -0.497 e. The van der Waals surface area contributed by atoms with Gasteiger partial charge in [0.25, 0.3) is 5.91 Å². The molecule has 7 heteroatoms. The van der Waals surface area contributed by atoms with E-state index in [0.717, 1.165) is 10.9 Å². The van der Waals surface area contributed by atoms with Crippen molar-refractivity contribution >= 4 is 22.8 Å². The number of hydrogen-bond donors (Lipinski definition) is 0. The largest absolute Gasteiger partial charge is 0.497 e. The molecule has 0 unspecified atom stereocenters. The Balaban J connectivity index is 1.68. The van der Waals surface area contributed by atoms with E-state index in [9.17, 15) is 9.59 Å². The van der Waals surface area contributed by atoms with Crippen LogP contribution in [0.2, 0.25) is 0 Å². The van der Waals surface area contributed by atoms with Crippen LogP contribution in [0, 0.1) is 6.92 Å². The van der Waals surface area contributed by atoms with Crippen molar-refractivity contribution in [3.8, 4) is 5.75 Å². The van der Waals surface area contributed by atoms with Gasteiger partial charge in [0.05, 0.1) is 36.7 Å². The zero-order valence-electron chi connectivity index (χ0n) is 15.4. The molecule has 3 aromatic rings. The Morgan fingerprint density at radius 3 is 2.74 bits per heavy atom. The number of pyridine rings is 1.